The molecule has 2 aliphatic carbocycles. The third-order valence-corrected chi connectivity index (χ3v) is 11.2. The van der Waals surface area contributed by atoms with Crippen LogP contribution in [0.2, 0.25) is 0 Å². The van der Waals surface area contributed by atoms with Gasteiger partial charge < -0.3 is 25.0 Å². The number of likely N-dealkylation sites (tertiary alicyclic amines) is 1. The number of anilines is 1. The number of terminal acetylenes is 1. The zero-order chi connectivity index (χ0) is 31.2. The molecule has 2 bridgehead atoms. The topological polar surface area (TPSA) is 73.8 Å². The second kappa shape index (κ2) is 10.2. The molecule has 3 saturated heterocycles. The number of halogens is 2. The second-order valence-corrected chi connectivity index (χ2v) is 14.6. The summed E-state index contributed by atoms with van der Waals surface area (Å²) in [7, 11) is 0. The molecule has 46 heavy (non-hydrogen) atoms. The van der Waals surface area contributed by atoms with Gasteiger partial charge in [-0.3, -0.25) is 0 Å². The highest BCUT2D eigenvalue weighted by Crippen LogP contribution is 2.55. The summed E-state index contributed by atoms with van der Waals surface area (Å²) >= 11 is 0. The van der Waals surface area contributed by atoms with Gasteiger partial charge in [-0.25, -0.2) is 8.78 Å². The number of piperazine rings is 1. The lowest BCUT2D eigenvalue weighted by Gasteiger charge is -2.34. The van der Waals surface area contributed by atoms with Gasteiger partial charge in [-0.15, -0.1) is 6.42 Å². The first-order valence-corrected chi connectivity index (χ1v) is 16.6. The average Bonchev–Trinajstić information content (AvgIpc) is 3.92. The lowest BCUT2D eigenvalue weighted by atomic mass is 9.93. The number of benzene rings is 3. The Bertz CT molecular complexity index is 1940. The maximum Gasteiger partial charge on any atom is 0.319 e. The molecule has 4 aromatic rings. The van der Waals surface area contributed by atoms with E-state index in [9.17, 15) is 5.11 Å². The second-order valence-electron chi connectivity index (χ2n) is 14.6. The molecule has 5 aliphatic rings. The van der Waals surface area contributed by atoms with Crippen LogP contribution in [-0.2, 0) is 0 Å². The zero-order valence-electron chi connectivity index (χ0n) is 25.8. The molecule has 4 heterocycles. The molecule has 3 aromatic carbocycles. The van der Waals surface area contributed by atoms with Crippen molar-refractivity contribution in [3.8, 4) is 35.2 Å². The van der Waals surface area contributed by atoms with Gasteiger partial charge in [-0.05, 0) is 86.6 Å². The maximum atomic E-state index is 16.9. The lowest BCUT2D eigenvalue weighted by molar-refractivity contribution is 0.167. The van der Waals surface area contributed by atoms with Crippen LogP contribution in [0.3, 0.4) is 0 Å². The molecule has 5 fully saturated rings. The summed E-state index contributed by atoms with van der Waals surface area (Å²) < 4.78 is 39.5. The Morgan fingerprint density at radius 1 is 1.04 bits per heavy atom. The summed E-state index contributed by atoms with van der Waals surface area (Å²) in [5, 5.41) is 15.6. The Morgan fingerprint density at radius 3 is 2.57 bits per heavy atom. The van der Waals surface area contributed by atoms with E-state index in [1.165, 1.54) is 37.9 Å². The van der Waals surface area contributed by atoms with Gasteiger partial charge in [0, 0.05) is 65.6 Å². The van der Waals surface area contributed by atoms with Crippen LogP contribution in [0, 0.1) is 34.8 Å². The number of hydrogen-bond donors (Lipinski definition) is 2. The third kappa shape index (κ3) is 4.76. The molecule has 2 N–H and O–H groups in total. The molecule has 3 aliphatic heterocycles. The number of phenols is 1. The highest BCUT2D eigenvalue weighted by atomic mass is 19.1. The van der Waals surface area contributed by atoms with E-state index in [0.717, 1.165) is 38.8 Å². The SMILES string of the molecule is C#Cc1cccc2cc(O)cc(-c3c(F)cc4c(N5CC6CCC(C5)N6)nc(OCC5(CN6CCC7(CC7)C6)CC5)nc4c3F)c12. The molecular weight excluding hydrogens is 584 g/mol. The fourth-order valence-corrected chi connectivity index (χ4v) is 8.38. The van der Waals surface area contributed by atoms with Gasteiger partial charge in [-0.2, -0.15) is 9.97 Å². The molecule has 2 unspecified atom stereocenters. The number of phenolic OH excluding ortho intramolecular Hbond substituents is 1. The van der Waals surface area contributed by atoms with Crippen LogP contribution >= 0.6 is 0 Å². The van der Waals surface area contributed by atoms with Gasteiger partial charge in [0.1, 0.15) is 22.9 Å². The Hall–Kier alpha value is -4.00. The van der Waals surface area contributed by atoms with E-state index in [0.29, 0.717) is 64.7 Å². The van der Waals surface area contributed by atoms with Crippen molar-refractivity contribution in [1.82, 2.24) is 20.2 Å². The minimum atomic E-state index is -0.826. The summed E-state index contributed by atoms with van der Waals surface area (Å²) in [4.78, 5) is 14.2. The predicted molar refractivity (Wildman–Crippen MR) is 174 cm³/mol. The largest absolute Gasteiger partial charge is 0.508 e. The predicted octanol–water partition coefficient (Wildman–Crippen LogP) is 6.00. The summed E-state index contributed by atoms with van der Waals surface area (Å²) in [6, 6.07) is 10.2. The van der Waals surface area contributed by atoms with Crippen molar-refractivity contribution in [2.24, 2.45) is 10.8 Å². The Balaban J connectivity index is 1.13. The van der Waals surface area contributed by atoms with E-state index < -0.39 is 11.6 Å². The van der Waals surface area contributed by atoms with Crippen molar-refractivity contribution in [2.75, 3.05) is 44.2 Å². The number of aromatic nitrogens is 2. The third-order valence-electron chi connectivity index (χ3n) is 11.2. The van der Waals surface area contributed by atoms with Crippen molar-refractivity contribution >= 4 is 27.5 Å². The zero-order valence-corrected chi connectivity index (χ0v) is 25.8. The minimum Gasteiger partial charge on any atom is -0.508 e. The number of rotatable bonds is 7. The molecule has 0 amide bonds. The van der Waals surface area contributed by atoms with Crippen molar-refractivity contribution in [3.05, 3.63) is 53.6 Å². The lowest BCUT2D eigenvalue weighted by Crippen LogP contribution is -2.51. The fourth-order valence-electron chi connectivity index (χ4n) is 8.38. The molecule has 236 valence electrons. The van der Waals surface area contributed by atoms with Crippen molar-refractivity contribution < 1.29 is 18.6 Å². The van der Waals surface area contributed by atoms with E-state index in [1.54, 1.807) is 24.3 Å². The molecule has 9 rings (SSSR count). The van der Waals surface area contributed by atoms with E-state index >= 15 is 8.78 Å². The average molecular weight is 622 g/mol. The van der Waals surface area contributed by atoms with Crippen molar-refractivity contribution in [3.63, 3.8) is 0 Å². The van der Waals surface area contributed by atoms with Gasteiger partial charge in [-0.1, -0.05) is 18.1 Å². The van der Waals surface area contributed by atoms with Gasteiger partial charge in [0.2, 0.25) is 0 Å². The van der Waals surface area contributed by atoms with Crippen LogP contribution < -0.4 is 15.0 Å². The van der Waals surface area contributed by atoms with Crippen LogP contribution in [0.1, 0.15) is 50.5 Å². The first kappa shape index (κ1) is 28.2. The fraction of sp³-hybridized carbons (Fsp3) is 0.459. The number of aromatic hydroxyl groups is 1. The quantitative estimate of drug-likeness (QED) is 0.245. The molecule has 7 nitrogen and oxygen atoms in total. The summed E-state index contributed by atoms with van der Waals surface area (Å²) in [6.07, 6.45) is 14.1. The number of hydrogen-bond acceptors (Lipinski definition) is 7. The summed E-state index contributed by atoms with van der Waals surface area (Å²) in [5.74, 6) is 1.42. The maximum absolute atomic E-state index is 16.9. The molecule has 9 heteroatoms. The van der Waals surface area contributed by atoms with Gasteiger partial charge in [0.05, 0.1) is 12.2 Å². The van der Waals surface area contributed by atoms with Crippen molar-refractivity contribution in [1.29, 1.82) is 0 Å². The summed E-state index contributed by atoms with van der Waals surface area (Å²) in [6.45, 7) is 5.18. The van der Waals surface area contributed by atoms with Crippen LogP contribution in [0.15, 0.2) is 36.4 Å². The monoisotopic (exact) mass is 621 g/mol. The molecule has 2 atom stereocenters. The standard InChI is InChI=1S/C37H37F2N5O2/c1-2-22-4-3-5-23-14-26(45)15-27(30(22)23)31-29(38)16-28-33(32(31)39)41-35(42-34(28)44-17-24-6-7-25(18-44)40-24)46-21-37(10-11-37)20-43-13-12-36(19-43)8-9-36/h1,3-5,14-16,24-25,40,45H,6-13,17-21H2. The van der Waals surface area contributed by atoms with Crippen LogP contribution in [0.4, 0.5) is 14.6 Å². The van der Waals surface area contributed by atoms with Gasteiger partial charge in [0.15, 0.2) is 5.82 Å². The van der Waals surface area contributed by atoms with E-state index in [4.69, 9.17) is 16.1 Å². The molecular formula is C37H37F2N5O2. The van der Waals surface area contributed by atoms with Gasteiger partial charge >= 0.3 is 6.01 Å². The Labute approximate surface area is 267 Å². The number of nitrogens with one attached hydrogen (secondary N) is 1. The van der Waals surface area contributed by atoms with E-state index in [1.807, 2.05) is 0 Å². The molecule has 1 aromatic heterocycles. The first-order valence-electron chi connectivity index (χ1n) is 16.6. The van der Waals surface area contributed by atoms with Crippen LogP contribution in [0.25, 0.3) is 32.8 Å². The minimum absolute atomic E-state index is 0.00275. The molecule has 2 saturated carbocycles. The molecule has 0 radical (unpaired) electrons. The highest BCUT2D eigenvalue weighted by molar-refractivity contribution is 6.04. The van der Waals surface area contributed by atoms with E-state index in [2.05, 4.69) is 26.0 Å². The van der Waals surface area contributed by atoms with Crippen LogP contribution in [0.5, 0.6) is 11.8 Å². The van der Waals surface area contributed by atoms with Crippen LogP contribution in [-0.4, -0.2) is 71.4 Å². The highest BCUT2D eigenvalue weighted by Gasteiger charge is 2.51. The smallest absolute Gasteiger partial charge is 0.319 e. The normalized spacial score (nSPS) is 24.2. The first-order chi connectivity index (χ1) is 22.3. The number of nitrogens with zero attached hydrogens (tertiary/aromatic N) is 4. The van der Waals surface area contributed by atoms with Crippen molar-refractivity contribution in [2.45, 2.75) is 57.0 Å². The summed E-state index contributed by atoms with van der Waals surface area (Å²) in [5.41, 5.74) is 1.01. The number of ether oxygens (including phenoxy) is 1. The molecule has 1 spiro atoms. The Kier molecular flexibility index (Phi) is 6.29. The number of fused-ring (bicyclic) bond motifs is 4. The van der Waals surface area contributed by atoms with Gasteiger partial charge in [0.25, 0.3) is 0 Å². The Morgan fingerprint density at radius 2 is 1.85 bits per heavy atom. The van der Waals surface area contributed by atoms with E-state index in [-0.39, 0.29) is 33.8 Å².